The van der Waals surface area contributed by atoms with Crippen LogP contribution in [0.4, 0.5) is 0 Å². The predicted octanol–water partition coefficient (Wildman–Crippen LogP) is 10.1. The standard InChI is InChI=1S/C40H24N4O/c1-3-10-25(11-4-1)28-20-18-26-19-21-30(23-31(26)22-28)39-42-38(27-12-5-2-6-13-27)43-40(44-39)32-15-9-17-34-36(32)37-35(45-34)24-29-14-7-8-16-33(29)41-37/h1-24H. The molecular formula is C40H24N4O. The zero-order valence-electron chi connectivity index (χ0n) is 24.1. The van der Waals surface area contributed by atoms with Crippen LogP contribution in [0.25, 0.3) is 89.0 Å². The third-order valence-corrected chi connectivity index (χ3v) is 8.29. The van der Waals surface area contributed by atoms with E-state index in [1.54, 1.807) is 0 Å². The number of rotatable bonds is 4. The molecule has 9 rings (SSSR count). The molecular weight excluding hydrogens is 552 g/mol. The van der Waals surface area contributed by atoms with Crippen molar-refractivity contribution in [3.05, 3.63) is 146 Å². The van der Waals surface area contributed by atoms with E-state index in [1.807, 2.05) is 78.9 Å². The molecule has 0 radical (unpaired) electrons. The van der Waals surface area contributed by atoms with Crippen LogP contribution >= 0.6 is 0 Å². The first-order chi connectivity index (χ1) is 22.3. The quantitative estimate of drug-likeness (QED) is 0.209. The van der Waals surface area contributed by atoms with Gasteiger partial charge in [0.1, 0.15) is 11.1 Å². The highest BCUT2D eigenvalue weighted by Gasteiger charge is 2.19. The van der Waals surface area contributed by atoms with Crippen molar-refractivity contribution in [1.29, 1.82) is 0 Å². The molecule has 0 amide bonds. The van der Waals surface area contributed by atoms with Gasteiger partial charge in [-0.05, 0) is 52.2 Å². The van der Waals surface area contributed by atoms with Gasteiger partial charge in [-0.2, -0.15) is 0 Å². The number of aromatic nitrogens is 4. The summed E-state index contributed by atoms with van der Waals surface area (Å²) in [6.07, 6.45) is 0. The van der Waals surface area contributed by atoms with E-state index < -0.39 is 0 Å². The van der Waals surface area contributed by atoms with Gasteiger partial charge in [-0.1, -0.05) is 115 Å². The first-order valence-electron chi connectivity index (χ1n) is 14.9. The number of hydrogen-bond acceptors (Lipinski definition) is 5. The van der Waals surface area contributed by atoms with Crippen LogP contribution in [0.1, 0.15) is 0 Å². The number of benzene rings is 6. The molecule has 0 aliphatic carbocycles. The van der Waals surface area contributed by atoms with E-state index in [-0.39, 0.29) is 0 Å². The Morgan fingerprint density at radius 2 is 1.04 bits per heavy atom. The molecule has 0 bridgehead atoms. The van der Waals surface area contributed by atoms with Gasteiger partial charge in [-0.3, -0.25) is 0 Å². The number of fused-ring (bicyclic) bond motifs is 5. The number of para-hydroxylation sites is 1. The lowest BCUT2D eigenvalue weighted by Crippen LogP contribution is -2.00. The monoisotopic (exact) mass is 576 g/mol. The Morgan fingerprint density at radius 1 is 0.378 bits per heavy atom. The van der Waals surface area contributed by atoms with Crippen molar-refractivity contribution in [2.75, 3.05) is 0 Å². The number of furan rings is 1. The van der Waals surface area contributed by atoms with Crippen LogP contribution in [0.5, 0.6) is 0 Å². The molecule has 0 saturated carbocycles. The summed E-state index contributed by atoms with van der Waals surface area (Å²) in [5.41, 5.74) is 8.22. The Bertz CT molecular complexity index is 2540. The Kier molecular flexibility index (Phi) is 5.74. The van der Waals surface area contributed by atoms with Gasteiger partial charge in [0.05, 0.1) is 10.9 Å². The smallest absolute Gasteiger partial charge is 0.164 e. The van der Waals surface area contributed by atoms with E-state index in [0.717, 1.165) is 60.4 Å². The molecule has 0 spiro atoms. The van der Waals surface area contributed by atoms with Crippen LogP contribution < -0.4 is 0 Å². The first kappa shape index (κ1) is 25.3. The van der Waals surface area contributed by atoms with Gasteiger partial charge in [0.2, 0.25) is 0 Å². The molecule has 6 aromatic carbocycles. The maximum absolute atomic E-state index is 6.31. The Balaban J connectivity index is 1.26. The van der Waals surface area contributed by atoms with Gasteiger partial charge >= 0.3 is 0 Å². The molecule has 210 valence electrons. The van der Waals surface area contributed by atoms with E-state index in [4.69, 9.17) is 24.4 Å². The van der Waals surface area contributed by atoms with Crippen molar-refractivity contribution >= 4 is 43.7 Å². The van der Waals surface area contributed by atoms with E-state index >= 15 is 0 Å². The molecule has 3 aromatic heterocycles. The van der Waals surface area contributed by atoms with Crippen LogP contribution in [-0.2, 0) is 0 Å². The second kappa shape index (κ2) is 10.2. The van der Waals surface area contributed by atoms with Gasteiger partial charge in [0.25, 0.3) is 0 Å². The van der Waals surface area contributed by atoms with Crippen molar-refractivity contribution in [1.82, 2.24) is 19.9 Å². The molecule has 3 heterocycles. The maximum atomic E-state index is 6.31. The van der Waals surface area contributed by atoms with Crippen LogP contribution in [0.2, 0.25) is 0 Å². The van der Waals surface area contributed by atoms with Crippen molar-refractivity contribution in [3.8, 4) is 45.3 Å². The topological polar surface area (TPSA) is 64.7 Å². The zero-order chi connectivity index (χ0) is 29.7. The summed E-state index contributed by atoms with van der Waals surface area (Å²) >= 11 is 0. The predicted molar refractivity (Wildman–Crippen MR) is 182 cm³/mol. The molecule has 0 fully saturated rings. The van der Waals surface area contributed by atoms with E-state index in [2.05, 4.69) is 66.7 Å². The molecule has 9 aromatic rings. The second-order valence-electron chi connectivity index (χ2n) is 11.1. The molecule has 0 unspecified atom stereocenters. The molecule has 0 saturated heterocycles. The summed E-state index contributed by atoms with van der Waals surface area (Å²) in [6.45, 7) is 0. The fraction of sp³-hybridized carbons (Fsp3) is 0. The largest absolute Gasteiger partial charge is 0.454 e. The minimum absolute atomic E-state index is 0.570. The van der Waals surface area contributed by atoms with Gasteiger partial charge in [0.15, 0.2) is 23.1 Å². The van der Waals surface area contributed by atoms with Crippen LogP contribution in [0, 0.1) is 0 Å². The van der Waals surface area contributed by atoms with Crippen molar-refractivity contribution < 1.29 is 4.42 Å². The fourth-order valence-corrected chi connectivity index (χ4v) is 6.06. The average Bonchev–Trinajstić information content (AvgIpc) is 3.48. The summed E-state index contributed by atoms with van der Waals surface area (Å²) in [5, 5.41) is 4.20. The number of pyridine rings is 1. The molecule has 0 N–H and O–H groups in total. The highest BCUT2D eigenvalue weighted by atomic mass is 16.3. The molecule has 0 atom stereocenters. The van der Waals surface area contributed by atoms with Crippen molar-refractivity contribution in [2.24, 2.45) is 0 Å². The third kappa shape index (κ3) is 4.41. The Morgan fingerprint density at radius 3 is 1.87 bits per heavy atom. The van der Waals surface area contributed by atoms with Crippen molar-refractivity contribution in [2.45, 2.75) is 0 Å². The molecule has 5 nitrogen and oxygen atoms in total. The van der Waals surface area contributed by atoms with E-state index in [9.17, 15) is 0 Å². The Hall–Kier alpha value is -6.20. The first-order valence-corrected chi connectivity index (χ1v) is 14.9. The summed E-state index contributed by atoms with van der Waals surface area (Å²) in [7, 11) is 0. The summed E-state index contributed by atoms with van der Waals surface area (Å²) in [5.74, 6) is 1.78. The molecule has 0 aliphatic heterocycles. The second-order valence-corrected chi connectivity index (χ2v) is 11.1. The lowest BCUT2D eigenvalue weighted by molar-refractivity contribution is 0.669. The van der Waals surface area contributed by atoms with E-state index in [1.165, 1.54) is 11.1 Å². The van der Waals surface area contributed by atoms with Gasteiger partial charge in [0, 0.05) is 22.1 Å². The number of nitrogens with zero attached hydrogens (tertiary/aromatic N) is 4. The van der Waals surface area contributed by atoms with Gasteiger partial charge < -0.3 is 4.42 Å². The molecule has 45 heavy (non-hydrogen) atoms. The Labute approximate surface area is 258 Å². The number of hydrogen-bond donors (Lipinski definition) is 0. The van der Waals surface area contributed by atoms with Crippen molar-refractivity contribution in [3.63, 3.8) is 0 Å². The van der Waals surface area contributed by atoms with Crippen LogP contribution in [-0.4, -0.2) is 19.9 Å². The fourth-order valence-electron chi connectivity index (χ4n) is 6.06. The summed E-state index contributed by atoms with van der Waals surface area (Å²) in [4.78, 5) is 20.1. The third-order valence-electron chi connectivity index (χ3n) is 8.29. The lowest BCUT2D eigenvalue weighted by Gasteiger charge is -2.10. The summed E-state index contributed by atoms with van der Waals surface area (Å²) in [6, 6.07) is 49.5. The van der Waals surface area contributed by atoms with Crippen LogP contribution in [0.15, 0.2) is 150 Å². The highest BCUT2D eigenvalue weighted by Crippen LogP contribution is 2.37. The SMILES string of the molecule is c1ccc(-c2ccc3ccc(-c4nc(-c5ccccc5)nc(-c5cccc6oc7cc8ccccc8nc7c56)n4)cc3c2)cc1. The zero-order valence-corrected chi connectivity index (χ0v) is 24.1. The highest BCUT2D eigenvalue weighted by molar-refractivity contribution is 6.12. The van der Waals surface area contributed by atoms with Gasteiger partial charge in [-0.25, -0.2) is 19.9 Å². The molecule has 5 heteroatoms. The molecule has 0 aliphatic rings. The normalized spacial score (nSPS) is 11.6. The summed E-state index contributed by atoms with van der Waals surface area (Å²) < 4.78 is 6.31. The minimum atomic E-state index is 0.570. The van der Waals surface area contributed by atoms with Crippen LogP contribution in [0.3, 0.4) is 0 Å². The van der Waals surface area contributed by atoms with E-state index in [0.29, 0.717) is 17.5 Å². The maximum Gasteiger partial charge on any atom is 0.164 e. The minimum Gasteiger partial charge on any atom is -0.454 e. The lowest BCUT2D eigenvalue weighted by atomic mass is 10.00. The average molecular weight is 577 g/mol. The van der Waals surface area contributed by atoms with Gasteiger partial charge in [-0.15, -0.1) is 0 Å².